The van der Waals surface area contributed by atoms with Crippen LogP contribution in [0.1, 0.15) is 37.7 Å². The molecule has 6 heteroatoms. The molecule has 0 radical (unpaired) electrons. The molecule has 1 aromatic carbocycles. The zero-order chi connectivity index (χ0) is 15.3. The van der Waals surface area contributed by atoms with Crippen LogP contribution in [0.15, 0.2) is 18.2 Å². The summed E-state index contributed by atoms with van der Waals surface area (Å²) in [6.07, 6.45) is 0.663. The van der Waals surface area contributed by atoms with E-state index in [1.165, 1.54) is 18.2 Å². The highest BCUT2D eigenvalue weighted by atomic mass is 19.3. The Morgan fingerprint density at radius 3 is 2.62 bits per heavy atom. The lowest BCUT2D eigenvalue weighted by molar-refractivity contribution is -0.137. The second kappa shape index (κ2) is 6.74. The number of alkyl halides is 2. The molecule has 0 saturated carbocycles. The average Bonchev–Trinajstić information content (AvgIpc) is 2.67. The normalized spacial score (nSPS) is 14.6. The van der Waals surface area contributed by atoms with Crippen molar-refractivity contribution < 1.29 is 28.2 Å². The lowest BCUT2D eigenvalue weighted by Gasteiger charge is -2.18. The second-order valence-corrected chi connectivity index (χ2v) is 5.02. The molecule has 21 heavy (non-hydrogen) atoms. The van der Waals surface area contributed by atoms with E-state index in [-0.39, 0.29) is 31.2 Å². The van der Waals surface area contributed by atoms with Crippen LogP contribution in [-0.4, -0.2) is 24.3 Å². The van der Waals surface area contributed by atoms with Crippen molar-refractivity contribution in [3.63, 3.8) is 0 Å². The fourth-order valence-electron chi connectivity index (χ4n) is 2.16. The minimum Gasteiger partial charge on any atom is -0.490 e. The Morgan fingerprint density at radius 1 is 1.19 bits per heavy atom. The highest BCUT2D eigenvalue weighted by molar-refractivity contribution is 5.66. The lowest BCUT2D eigenvalue weighted by atomic mass is 10.0. The molecular weight excluding hydrogens is 282 g/mol. The number of benzene rings is 1. The highest BCUT2D eigenvalue weighted by Gasteiger charge is 2.32. The summed E-state index contributed by atoms with van der Waals surface area (Å²) in [7, 11) is 0. The van der Waals surface area contributed by atoms with Gasteiger partial charge in [-0.25, -0.2) is 8.78 Å². The van der Waals surface area contributed by atoms with Gasteiger partial charge in [0.25, 0.3) is 5.92 Å². The van der Waals surface area contributed by atoms with Gasteiger partial charge in [0.1, 0.15) is 0 Å². The summed E-state index contributed by atoms with van der Waals surface area (Å²) in [5.41, 5.74) is -0.123. The number of rotatable bonds is 6. The third kappa shape index (κ3) is 4.31. The molecule has 116 valence electrons. The molecule has 0 spiro atoms. The number of carboxylic acid groups (broad SMARTS) is 1. The van der Waals surface area contributed by atoms with E-state index in [0.717, 1.165) is 6.42 Å². The molecule has 1 N–H and O–H groups in total. The van der Waals surface area contributed by atoms with Gasteiger partial charge in [0.15, 0.2) is 11.5 Å². The first-order valence-corrected chi connectivity index (χ1v) is 6.99. The minimum atomic E-state index is -3.00. The van der Waals surface area contributed by atoms with E-state index >= 15 is 0 Å². The molecule has 0 fully saturated rings. The maximum absolute atomic E-state index is 14.1. The molecule has 4 nitrogen and oxygen atoms in total. The summed E-state index contributed by atoms with van der Waals surface area (Å²) in [5, 5.41) is 8.50. The lowest BCUT2D eigenvalue weighted by Crippen LogP contribution is -2.13. The maximum Gasteiger partial charge on any atom is 0.303 e. The second-order valence-electron chi connectivity index (χ2n) is 5.02. The van der Waals surface area contributed by atoms with Gasteiger partial charge >= 0.3 is 5.97 Å². The van der Waals surface area contributed by atoms with Crippen molar-refractivity contribution in [1.82, 2.24) is 0 Å². The number of carbonyl (C=O) groups is 1. The minimum absolute atomic E-state index is 0.0861. The van der Waals surface area contributed by atoms with Crippen molar-refractivity contribution in [2.45, 2.75) is 38.0 Å². The molecule has 1 aliphatic rings. The molecular formula is C15H18F2O4. The summed E-state index contributed by atoms with van der Waals surface area (Å²) < 4.78 is 39.0. The Kier molecular flexibility index (Phi) is 4.98. The Labute approximate surface area is 121 Å². The van der Waals surface area contributed by atoms with Crippen LogP contribution < -0.4 is 9.47 Å². The Bertz CT molecular complexity index is 502. The fourth-order valence-corrected chi connectivity index (χ4v) is 2.16. The number of hydrogen-bond acceptors (Lipinski definition) is 3. The third-order valence-electron chi connectivity index (χ3n) is 3.30. The molecule has 0 unspecified atom stereocenters. The van der Waals surface area contributed by atoms with Crippen molar-refractivity contribution in [2.75, 3.05) is 13.2 Å². The van der Waals surface area contributed by atoms with Gasteiger partial charge in [-0.15, -0.1) is 0 Å². The van der Waals surface area contributed by atoms with E-state index in [1.54, 1.807) is 0 Å². The number of unbranched alkanes of at least 4 members (excludes halogenated alkanes) is 1. The molecule has 0 amide bonds. The van der Waals surface area contributed by atoms with Crippen LogP contribution in [-0.2, 0) is 10.7 Å². The van der Waals surface area contributed by atoms with Crippen molar-refractivity contribution in [3.8, 4) is 11.5 Å². The van der Waals surface area contributed by atoms with Crippen LogP contribution >= 0.6 is 0 Å². The standard InChI is InChI=1S/C15H18F2O4/c16-15(17,7-2-1-4-14(18)19)11-5-6-12-13(10-11)21-9-3-8-20-12/h5-6,10H,1-4,7-9H2,(H,18,19). The number of fused-ring (bicyclic) bond motifs is 1. The van der Waals surface area contributed by atoms with Crippen LogP contribution in [0.4, 0.5) is 8.78 Å². The van der Waals surface area contributed by atoms with Gasteiger partial charge in [-0.05, 0) is 31.0 Å². The molecule has 0 bridgehead atoms. The summed E-state index contributed by atoms with van der Waals surface area (Å²) in [4.78, 5) is 10.4. The van der Waals surface area contributed by atoms with Crippen LogP contribution in [0.2, 0.25) is 0 Å². The number of ether oxygens (including phenoxy) is 2. The summed E-state index contributed by atoms with van der Waals surface area (Å²) in [5.74, 6) is -3.13. The molecule has 1 heterocycles. The first-order chi connectivity index (χ1) is 9.99. The molecule has 0 saturated heterocycles. The fraction of sp³-hybridized carbons (Fsp3) is 0.533. The number of halogens is 2. The van der Waals surface area contributed by atoms with E-state index in [9.17, 15) is 13.6 Å². The molecule has 0 aromatic heterocycles. The Morgan fingerprint density at radius 2 is 1.90 bits per heavy atom. The van der Waals surface area contributed by atoms with Crippen LogP contribution in [0, 0.1) is 0 Å². The smallest absolute Gasteiger partial charge is 0.303 e. The van der Waals surface area contributed by atoms with Gasteiger partial charge in [0.2, 0.25) is 0 Å². The predicted molar refractivity (Wildman–Crippen MR) is 72.0 cm³/mol. The van der Waals surface area contributed by atoms with Gasteiger partial charge in [-0.1, -0.05) is 0 Å². The predicted octanol–water partition coefficient (Wildman–Crippen LogP) is 3.58. The van der Waals surface area contributed by atoms with Crippen molar-refractivity contribution >= 4 is 5.97 Å². The molecule has 2 rings (SSSR count). The van der Waals surface area contributed by atoms with Gasteiger partial charge in [0, 0.05) is 24.8 Å². The van der Waals surface area contributed by atoms with E-state index in [1.807, 2.05) is 0 Å². The number of hydrogen-bond donors (Lipinski definition) is 1. The van der Waals surface area contributed by atoms with E-state index in [2.05, 4.69) is 0 Å². The maximum atomic E-state index is 14.1. The van der Waals surface area contributed by atoms with Gasteiger partial charge in [-0.2, -0.15) is 0 Å². The van der Waals surface area contributed by atoms with Crippen LogP contribution in [0.3, 0.4) is 0 Å². The summed E-state index contributed by atoms with van der Waals surface area (Å²) in [6.45, 7) is 0.957. The zero-order valence-electron chi connectivity index (χ0n) is 11.6. The topological polar surface area (TPSA) is 55.8 Å². The molecule has 1 aromatic rings. The quantitative estimate of drug-likeness (QED) is 0.816. The van der Waals surface area contributed by atoms with E-state index < -0.39 is 11.9 Å². The largest absolute Gasteiger partial charge is 0.490 e. The summed E-state index contributed by atoms with van der Waals surface area (Å²) >= 11 is 0. The van der Waals surface area contributed by atoms with Crippen LogP contribution in [0.25, 0.3) is 0 Å². The summed E-state index contributed by atoms with van der Waals surface area (Å²) in [6, 6.07) is 4.16. The molecule has 0 atom stereocenters. The zero-order valence-corrected chi connectivity index (χ0v) is 11.6. The van der Waals surface area contributed by atoms with Crippen molar-refractivity contribution in [1.29, 1.82) is 0 Å². The van der Waals surface area contributed by atoms with Crippen molar-refractivity contribution in [3.05, 3.63) is 23.8 Å². The Hall–Kier alpha value is -1.85. The number of aliphatic carboxylic acids is 1. The Balaban J connectivity index is 2.02. The van der Waals surface area contributed by atoms with Gasteiger partial charge < -0.3 is 14.6 Å². The van der Waals surface area contributed by atoms with Gasteiger partial charge in [0.05, 0.1) is 13.2 Å². The van der Waals surface area contributed by atoms with Crippen LogP contribution in [0.5, 0.6) is 11.5 Å². The first kappa shape index (κ1) is 15.5. The monoisotopic (exact) mass is 300 g/mol. The SMILES string of the molecule is O=C(O)CCCCC(F)(F)c1ccc2c(c1)OCCCO2. The van der Waals surface area contributed by atoms with Gasteiger partial charge in [-0.3, -0.25) is 4.79 Å². The average molecular weight is 300 g/mol. The number of carboxylic acids is 1. The first-order valence-electron chi connectivity index (χ1n) is 6.99. The molecule has 1 aliphatic heterocycles. The molecule has 0 aliphatic carbocycles. The third-order valence-corrected chi connectivity index (χ3v) is 3.30. The van der Waals surface area contributed by atoms with E-state index in [0.29, 0.717) is 24.7 Å². The van der Waals surface area contributed by atoms with E-state index in [4.69, 9.17) is 14.6 Å². The highest BCUT2D eigenvalue weighted by Crippen LogP contribution is 2.39. The van der Waals surface area contributed by atoms with Crippen molar-refractivity contribution in [2.24, 2.45) is 0 Å².